The molecule has 2 heterocycles. The molecule has 0 atom stereocenters. The predicted octanol–water partition coefficient (Wildman–Crippen LogP) is 2.18. The first-order valence-electron chi connectivity index (χ1n) is 6.58. The van der Waals surface area contributed by atoms with Crippen molar-refractivity contribution in [1.29, 1.82) is 0 Å². The molecule has 6 nitrogen and oxygen atoms in total. The number of nitrogens with zero attached hydrogens (tertiary/aromatic N) is 4. The zero-order chi connectivity index (χ0) is 14.5. The molecule has 0 aliphatic heterocycles. The minimum Gasteiger partial charge on any atom is -0.335 e. The van der Waals surface area contributed by atoms with Gasteiger partial charge in [0.05, 0.1) is 12.1 Å². The fraction of sp³-hybridized carbons (Fsp3) is 0.214. The summed E-state index contributed by atoms with van der Waals surface area (Å²) in [7, 11) is 0. The van der Waals surface area contributed by atoms with Gasteiger partial charge in [-0.2, -0.15) is 4.98 Å². The standard InChI is InChI=1S/C14H15N5OS/c15-6-7-19-8-12(16-10-19)14-17-13(18-20-14)9-21-11-4-2-1-3-5-11/h1-5,8,10H,6-7,9,15H2. The molecule has 0 amide bonds. The molecular weight excluding hydrogens is 286 g/mol. The fourth-order valence-electron chi connectivity index (χ4n) is 1.82. The van der Waals surface area contributed by atoms with Crippen molar-refractivity contribution in [1.82, 2.24) is 19.7 Å². The lowest BCUT2D eigenvalue weighted by atomic mass is 10.4. The maximum absolute atomic E-state index is 5.50. The van der Waals surface area contributed by atoms with Gasteiger partial charge in [-0.3, -0.25) is 0 Å². The molecule has 3 aromatic rings. The lowest BCUT2D eigenvalue weighted by molar-refractivity contribution is 0.424. The molecule has 2 N–H and O–H groups in total. The summed E-state index contributed by atoms with van der Waals surface area (Å²) in [6, 6.07) is 10.1. The summed E-state index contributed by atoms with van der Waals surface area (Å²) in [6.07, 6.45) is 3.57. The third-order valence-corrected chi connectivity index (χ3v) is 3.83. The van der Waals surface area contributed by atoms with Crippen molar-refractivity contribution >= 4 is 11.8 Å². The molecule has 0 saturated heterocycles. The van der Waals surface area contributed by atoms with Crippen LogP contribution in [0.15, 0.2) is 52.3 Å². The number of hydrogen-bond donors (Lipinski definition) is 1. The van der Waals surface area contributed by atoms with Gasteiger partial charge < -0.3 is 14.8 Å². The minimum atomic E-state index is 0.439. The average molecular weight is 301 g/mol. The number of benzene rings is 1. The molecule has 7 heteroatoms. The fourth-order valence-corrected chi connectivity index (χ4v) is 2.59. The molecule has 0 unspecified atom stereocenters. The summed E-state index contributed by atoms with van der Waals surface area (Å²) in [5, 5.41) is 3.98. The van der Waals surface area contributed by atoms with E-state index in [1.807, 2.05) is 29.0 Å². The third-order valence-electron chi connectivity index (χ3n) is 2.82. The first-order chi connectivity index (χ1) is 10.3. The van der Waals surface area contributed by atoms with Crippen LogP contribution in [0.5, 0.6) is 0 Å². The van der Waals surface area contributed by atoms with Crippen molar-refractivity contribution in [3.8, 4) is 11.6 Å². The van der Waals surface area contributed by atoms with E-state index in [1.165, 1.54) is 4.90 Å². The Morgan fingerprint density at radius 1 is 1.24 bits per heavy atom. The summed E-state index contributed by atoms with van der Waals surface area (Å²) in [5.74, 6) is 1.76. The van der Waals surface area contributed by atoms with E-state index < -0.39 is 0 Å². The zero-order valence-electron chi connectivity index (χ0n) is 11.3. The van der Waals surface area contributed by atoms with Crippen LogP contribution in [-0.4, -0.2) is 26.2 Å². The van der Waals surface area contributed by atoms with Gasteiger partial charge in [-0.1, -0.05) is 23.4 Å². The lowest BCUT2D eigenvalue weighted by Crippen LogP contribution is -2.07. The summed E-state index contributed by atoms with van der Waals surface area (Å²) < 4.78 is 7.15. The SMILES string of the molecule is NCCn1cnc(-c2nc(CSc3ccccc3)no2)c1. The molecule has 21 heavy (non-hydrogen) atoms. The first-order valence-corrected chi connectivity index (χ1v) is 7.56. The Morgan fingerprint density at radius 2 is 2.10 bits per heavy atom. The van der Waals surface area contributed by atoms with E-state index in [1.54, 1.807) is 18.1 Å². The van der Waals surface area contributed by atoms with Crippen LogP contribution in [0, 0.1) is 0 Å². The Hall–Kier alpha value is -2.12. The number of hydrogen-bond acceptors (Lipinski definition) is 6. The van der Waals surface area contributed by atoms with Gasteiger partial charge in [-0.05, 0) is 12.1 Å². The van der Waals surface area contributed by atoms with Gasteiger partial charge in [0.25, 0.3) is 5.89 Å². The smallest absolute Gasteiger partial charge is 0.278 e. The van der Waals surface area contributed by atoms with Crippen LogP contribution in [0.3, 0.4) is 0 Å². The van der Waals surface area contributed by atoms with Crippen LogP contribution in [0.4, 0.5) is 0 Å². The maximum atomic E-state index is 5.50. The highest BCUT2D eigenvalue weighted by Gasteiger charge is 2.11. The summed E-state index contributed by atoms with van der Waals surface area (Å²) >= 11 is 1.67. The van der Waals surface area contributed by atoms with E-state index >= 15 is 0 Å². The second-order valence-corrected chi connectivity index (χ2v) is 5.45. The highest BCUT2D eigenvalue weighted by atomic mass is 32.2. The maximum Gasteiger partial charge on any atom is 0.278 e. The van der Waals surface area contributed by atoms with Gasteiger partial charge in [-0.15, -0.1) is 11.8 Å². The van der Waals surface area contributed by atoms with Crippen molar-refractivity contribution in [2.24, 2.45) is 5.73 Å². The van der Waals surface area contributed by atoms with Crippen molar-refractivity contribution in [2.45, 2.75) is 17.2 Å². The van der Waals surface area contributed by atoms with Crippen molar-refractivity contribution in [2.75, 3.05) is 6.54 Å². The van der Waals surface area contributed by atoms with E-state index in [0.29, 0.717) is 29.7 Å². The Kier molecular flexibility index (Phi) is 4.32. The highest BCUT2D eigenvalue weighted by Crippen LogP contribution is 2.22. The van der Waals surface area contributed by atoms with Crippen LogP contribution in [0.25, 0.3) is 11.6 Å². The number of imidazole rings is 1. The number of aromatic nitrogens is 4. The van der Waals surface area contributed by atoms with E-state index in [-0.39, 0.29) is 0 Å². The second-order valence-electron chi connectivity index (χ2n) is 4.40. The summed E-state index contributed by atoms with van der Waals surface area (Å²) in [4.78, 5) is 9.78. The molecule has 0 fully saturated rings. The van der Waals surface area contributed by atoms with E-state index in [9.17, 15) is 0 Å². The highest BCUT2D eigenvalue weighted by molar-refractivity contribution is 7.98. The lowest BCUT2D eigenvalue weighted by Gasteiger charge is -1.96. The Bertz CT molecular complexity index is 694. The van der Waals surface area contributed by atoms with Gasteiger partial charge in [0.15, 0.2) is 5.82 Å². The quantitative estimate of drug-likeness (QED) is 0.703. The summed E-state index contributed by atoms with van der Waals surface area (Å²) in [6.45, 7) is 1.29. The minimum absolute atomic E-state index is 0.439. The topological polar surface area (TPSA) is 82.8 Å². The van der Waals surface area contributed by atoms with Gasteiger partial charge in [-0.25, -0.2) is 4.98 Å². The molecule has 2 aromatic heterocycles. The third kappa shape index (κ3) is 3.50. The average Bonchev–Trinajstić information content (AvgIpc) is 3.15. The Morgan fingerprint density at radius 3 is 2.90 bits per heavy atom. The molecule has 0 aliphatic carbocycles. The molecule has 0 spiro atoms. The van der Waals surface area contributed by atoms with E-state index in [2.05, 4.69) is 27.3 Å². The van der Waals surface area contributed by atoms with Crippen molar-refractivity contribution < 1.29 is 4.52 Å². The molecule has 108 valence electrons. The Balaban J connectivity index is 1.65. The van der Waals surface area contributed by atoms with Crippen molar-refractivity contribution in [3.05, 3.63) is 48.7 Å². The largest absolute Gasteiger partial charge is 0.335 e. The van der Waals surface area contributed by atoms with Crippen LogP contribution in [-0.2, 0) is 12.3 Å². The molecule has 0 radical (unpaired) electrons. The number of rotatable bonds is 6. The number of nitrogens with two attached hydrogens (primary N) is 1. The van der Waals surface area contributed by atoms with Crippen LogP contribution >= 0.6 is 11.8 Å². The molecule has 3 rings (SSSR count). The van der Waals surface area contributed by atoms with Gasteiger partial charge in [0.2, 0.25) is 0 Å². The number of thioether (sulfide) groups is 1. The van der Waals surface area contributed by atoms with E-state index in [0.717, 1.165) is 6.54 Å². The molecule has 0 bridgehead atoms. The predicted molar refractivity (Wildman–Crippen MR) is 80.6 cm³/mol. The van der Waals surface area contributed by atoms with Crippen LogP contribution < -0.4 is 5.73 Å². The normalized spacial score (nSPS) is 10.9. The van der Waals surface area contributed by atoms with Gasteiger partial charge >= 0.3 is 0 Å². The van der Waals surface area contributed by atoms with Gasteiger partial charge in [0.1, 0.15) is 5.69 Å². The van der Waals surface area contributed by atoms with E-state index in [4.69, 9.17) is 10.3 Å². The summed E-state index contributed by atoms with van der Waals surface area (Å²) in [5.41, 5.74) is 6.18. The van der Waals surface area contributed by atoms with Crippen molar-refractivity contribution in [3.63, 3.8) is 0 Å². The molecule has 0 saturated carbocycles. The zero-order valence-corrected chi connectivity index (χ0v) is 12.2. The second kappa shape index (κ2) is 6.55. The molecular formula is C14H15N5OS. The first kappa shape index (κ1) is 13.8. The monoisotopic (exact) mass is 301 g/mol. The molecule has 1 aromatic carbocycles. The van der Waals surface area contributed by atoms with Crippen LogP contribution in [0.1, 0.15) is 5.82 Å². The van der Waals surface area contributed by atoms with Crippen LogP contribution in [0.2, 0.25) is 0 Å². The molecule has 0 aliphatic rings. The van der Waals surface area contributed by atoms with Gasteiger partial charge in [0, 0.05) is 24.2 Å². The Labute approximate surface area is 126 Å².